The Hall–Kier alpha value is -3.63. The van der Waals surface area contributed by atoms with Crippen molar-refractivity contribution in [3.05, 3.63) is 90.1 Å². The molecule has 5 N–H and O–H groups in total. The molecule has 0 aliphatic carbocycles. The maximum Gasteiger partial charge on any atom is 0.407 e. The smallest absolute Gasteiger partial charge is 0.407 e. The average molecular weight is 552 g/mol. The quantitative estimate of drug-likeness (QED) is 0.179. The molecule has 0 aliphatic heterocycles. The number of aliphatic hydroxyl groups excluding tert-OH is 1. The highest BCUT2D eigenvalue weighted by Gasteiger charge is 2.25. The predicted octanol–water partition coefficient (Wildman–Crippen LogP) is 3.96. The number of carbonyl (C=O) groups excluding carboxylic acids is 2. The van der Waals surface area contributed by atoms with E-state index in [1.165, 1.54) is 12.7 Å². The molecule has 3 rings (SSSR count). The summed E-state index contributed by atoms with van der Waals surface area (Å²) in [7, 11) is 3.07. The van der Waals surface area contributed by atoms with Gasteiger partial charge < -0.3 is 25.3 Å². The number of aliphatic hydroxyl groups is 1. The van der Waals surface area contributed by atoms with Gasteiger partial charge >= 0.3 is 6.09 Å². The van der Waals surface area contributed by atoms with Crippen molar-refractivity contribution >= 4 is 12.4 Å². The number of aldehydes is 1. The summed E-state index contributed by atoms with van der Waals surface area (Å²) in [5.41, 5.74) is 4.18. The Morgan fingerprint density at radius 3 is 2.15 bits per heavy atom. The van der Waals surface area contributed by atoms with Crippen LogP contribution >= 0.6 is 0 Å². The number of aryl methyl sites for hydroxylation is 1. The van der Waals surface area contributed by atoms with E-state index in [0.29, 0.717) is 25.9 Å². The molecule has 1 amide bonds. The van der Waals surface area contributed by atoms with Crippen LogP contribution < -0.4 is 16.5 Å². The van der Waals surface area contributed by atoms with Gasteiger partial charge in [-0.05, 0) is 37.1 Å². The van der Waals surface area contributed by atoms with Gasteiger partial charge in [0, 0.05) is 31.4 Å². The van der Waals surface area contributed by atoms with Gasteiger partial charge in [-0.15, -0.1) is 0 Å². The molecule has 0 fully saturated rings. The monoisotopic (exact) mass is 551 g/mol. The third kappa shape index (κ3) is 14.5. The van der Waals surface area contributed by atoms with E-state index in [-0.39, 0.29) is 5.41 Å². The van der Waals surface area contributed by atoms with Gasteiger partial charge in [0.25, 0.3) is 0 Å². The first-order valence-corrected chi connectivity index (χ1v) is 13.1. The molecule has 0 aliphatic rings. The molecule has 0 radical (unpaired) electrons. The van der Waals surface area contributed by atoms with Crippen LogP contribution in [0.5, 0.6) is 0 Å². The number of hydrazine groups is 1. The number of methoxy groups -OCH3 is 1. The molecule has 0 bridgehead atoms. The molecule has 1 aromatic heterocycles. The van der Waals surface area contributed by atoms with Crippen LogP contribution in [0.3, 0.4) is 0 Å². The van der Waals surface area contributed by atoms with Crippen LogP contribution in [-0.2, 0) is 16.1 Å². The number of amides is 1. The van der Waals surface area contributed by atoms with Crippen molar-refractivity contribution in [2.24, 2.45) is 11.3 Å². The molecule has 0 saturated heterocycles. The number of ether oxygens (including phenoxy) is 1. The predicted molar refractivity (Wildman–Crippen MR) is 160 cm³/mol. The Morgan fingerprint density at radius 1 is 1.07 bits per heavy atom. The van der Waals surface area contributed by atoms with Crippen molar-refractivity contribution in [1.82, 2.24) is 20.6 Å². The van der Waals surface area contributed by atoms with E-state index in [4.69, 9.17) is 5.84 Å². The molecule has 9 heteroatoms. The Bertz CT molecular complexity index is 1090. The normalized spacial score (nSPS) is 12.1. The lowest BCUT2D eigenvalue weighted by molar-refractivity contribution is -0.111. The van der Waals surface area contributed by atoms with Crippen LogP contribution in [-0.4, -0.2) is 66.9 Å². The molecular weight excluding hydrogens is 506 g/mol. The molecule has 2 atom stereocenters. The summed E-state index contributed by atoms with van der Waals surface area (Å²) in [5, 5.41) is 16.7. The van der Waals surface area contributed by atoms with Crippen LogP contribution in [0.2, 0.25) is 0 Å². The molecule has 3 aromatic rings. The summed E-state index contributed by atoms with van der Waals surface area (Å²) >= 11 is 0. The lowest BCUT2D eigenvalue weighted by Crippen LogP contribution is -2.44. The standard InChI is InChI=1S/C16H22N4O.C8H15NO3.C7H8/c1-18-10-15(21)12-20(17)11-13-5-7-14(8-6-13)16-4-2-3-9-19-16;1-8(2,3)6(5-10)9-7(11)12-4;1-7-5-3-2-4-6-7/h2-9,15,18,21H,10-12,17H2,1H3;5-6H,1-4H3,(H,9,11);2-6H,1H3. The van der Waals surface area contributed by atoms with E-state index in [2.05, 4.69) is 39.4 Å². The molecule has 0 spiro atoms. The number of nitrogens with zero attached hydrogens (tertiary/aromatic N) is 2. The summed E-state index contributed by atoms with van der Waals surface area (Å²) < 4.78 is 4.37. The fraction of sp³-hybridized carbons (Fsp3) is 0.387. The molecule has 218 valence electrons. The van der Waals surface area contributed by atoms with Crippen molar-refractivity contribution < 1.29 is 19.4 Å². The van der Waals surface area contributed by atoms with E-state index < -0.39 is 18.2 Å². The van der Waals surface area contributed by atoms with Crippen molar-refractivity contribution in [2.45, 2.75) is 46.4 Å². The van der Waals surface area contributed by atoms with Crippen molar-refractivity contribution in [1.29, 1.82) is 0 Å². The lowest BCUT2D eigenvalue weighted by atomic mass is 9.88. The number of likely N-dealkylation sites (N-methyl/N-ethyl adjacent to an activating group) is 1. The fourth-order valence-corrected chi connectivity index (χ4v) is 3.36. The summed E-state index contributed by atoms with van der Waals surface area (Å²) in [4.78, 5) is 25.6. The minimum atomic E-state index is -0.581. The highest BCUT2D eigenvalue weighted by molar-refractivity contribution is 5.73. The van der Waals surface area contributed by atoms with E-state index in [9.17, 15) is 14.7 Å². The summed E-state index contributed by atoms with van der Waals surface area (Å²) in [6.07, 6.45) is 1.44. The van der Waals surface area contributed by atoms with E-state index in [1.54, 1.807) is 18.3 Å². The number of rotatable bonds is 9. The van der Waals surface area contributed by atoms with Gasteiger partial charge in [0.05, 0.1) is 24.9 Å². The zero-order valence-corrected chi connectivity index (χ0v) is 24.5. The number of hydrogen-bond acceptors (Lipinski definition) is 8. The first-order valence-electron chi connectivity index (χ1n) is 13.1. The highest BCUT2D eigenvalue weighted by atomic mass is 16.5. The molecule has 2 unspecified atom stereocenters. The number of aromatic nitrogens is 1. The maximum atomic E-state index is 10.7. The summed E-state index contributed by atoms with van der Waals surface area (Å²) in [5.74, 6) is 5.92. The number of hydrogen-bond donors (Lipinski definition) is 4. The first-order chi connectivity index (χ1) is 19.0. The Morgan fingerprint density at radius 2 is 1.70 bits per heavy atom. The Labute approximate surface area is 238 Å². The van der Waals surface area contributed by atoms with Crippen molar-refractivity contribution in [3.63, 3.8) is 0 Å². The fourth-order valence-electron chi connectivity index (χ4n) is 3.36. The molecule has 0 saturated carbocycles. The number of alkyl carbamates (subject to hydrolysis) is 1. The average Bonchev–Trinajstić information content (AvgIpc) is 2.93. The molecule has 40 heavy (non-hydrogen) atoms. The second kappa shape index (κ2) is 18.6. The van der Waals surface area contributed by atoms with Crippen molar-refractivity contribution in [2.75, 3.05) is 27.2 Å². The minimum Gasteiger partial charge on any atom is -0.453 e. The van der Waals surface area contributed by atoms with Gasteiger partial charge in [-0.25, -0.2) is 9.80 Å². The second-order valence-corrected chi connectivity index (χ2v) is 10.3. The van der Waals surface area contributed by atoms with E-state index in [1.807, 2.05) is 81.4 Å². The van der Waals surface area contributed by atoms with Gasteiger partial charge in [0.15, 0.2) is 0 Å². The summed E-state index contributed by atoms with van der Waals surface area (Å²) in [6.45, 7) is 9.24. The van der Waals surface area contributed by atoms with Gasteiger partial charge in [0.2, 0.25) is 0 Å². The number of benzene rings is 2. The Kier molecular flexibility index (Phi) is 16.0. The Balaban J connectivity index is 0.000000353. The molecular formula is C31H45N5O4. The third-order valence-electron chi connectivity index (χ3n) is 5.65. The SMILES string of the molecule is CNCC(O)CN(N)Cc1ccc(-c2ccccn2)cc1.COC(=O)NC(C=O)C(C)(C)C.Cc1ccccc1. The molecule has 2 aromatic carbocycles. The number of nitrogens with two attached hydrogens (primary N) is 1. The molecule has 9 nitrogen and oxygen atoms in total. The number of nitrogens with one attached hydrogen (secondary N) is 2. The van der Waals surface area contributed by atoms with Crippen LogP contribution in [0, 0.1) is 12.3 Å². The lowest BCUT2D eigenvalue weighted by Gasteiger charge is -2.25. The van der Waals surface area contributed by atoms with Gasteiger partial charge in [-0.3, -0.25) is 10.8 Å². The van der Waals surface area contributed by atoms with Crippen LogP contribution in [0.25, 0.3) is 11.3 Å². The highest BCUT2D eigenvalue weighted by Crippen LogP contribution is 2.18. The summed E-state index contributed by atoms with van der Waals surface area (Å²) in [6, 6.07) is 23.8. The van der Waals surface area contributed by atoms with E-state index >= 15 is 0 Å². The topological polar surface area (TPSA) is 130 Å². The number of carbonyl (C=O) groups is 2. The third-order valence-corrected chi connectivity index (χ3v) is 5.65. The molecule has 1 heterocycles. The minimum absolute atomic E-state index is 0.282. The largest absolute Gasteiger partial charge is 0.453 e. The number of pyridine rings is 1. The van der Waals surface area contributed by atoms with Gasteiger partial charge in [-0.1, -0.05) is 87.0 Å². The van der Waals surface area contributed by atoms with Crippen molar-refractivity contribution in [3.8, 4) is 11.3 Å². The van der Waals surface area contributed by atoms with Crippen LogP contribution in [0.15, 0.2) is 79.0 Å². The zero-order valence-electron chi connectivity index (χ0n) is 24.5. The first kappa shape index (κ1) is 34.4. The maximum absolute atomic E-state index is 10.7. The van der Waals surface area contributed by atoms with Crippen LogP contribution in [0.4, 0.5) is 4.79 Å². The van der Waals surface area contributed by atoms with Crippen LogP contribution in [0.1, 0.15) is 31.9 Å². The van der Waals surface area contributed by atoms with E-state index in [0.717, 1.165) is 16.8 Å². The second-order valence-electron chi connectivity index (χ2n) is 10.3. The zero-order chi connectivity index (χ0) is 30.0. The van der Waals surface area contributed by atoms with Gasteiger partial charge in [-0.2, -0.15) is 0 Å². The van der Waals surface area contributed by atoms with Gasteiger partial charge in [0.1, 0.15) is 6.29 Å².